The van der Waals surface area contributed by atoms with Gasteiger partial charge < -0.3 is 0 Å². The summed E-state index contributed by atoms with van der Waals surface area (Å²) in [4.78, 5) is 0. The van der Waals surface area contributed by atoms with E-state index in [0.29, 0.717) is 0 Å². The van der Waals surface area contributed by atoms with Crippen LogP contribution in [0.4, 0.5) is 0 Å². The summed E-state index contributed by atoms with van der Waals surface area (Å²) in [6, 6.07) is 0. The quantitative estimate of drug-likeness (QED) is 0.259. The van der Waals surface area contributed by atoms with Crippen LogP contribution >= 0.6 is 7.03 Å². The molecule has 0 heterocycles. The van der Waals surface area contributed by atoms with Gasteiger partial charge in [-0.2, -0.15) is 0 Å². The molecule has 0 amide bonds. The number of hydrogen-bond acceptors (Lipinski definition) is 2. The van der Waals surface area contributed by atoms with Crippen LogP contribution in [0.1, 0.15) is 0 Å². The molecular weight excluding hydrogens is 100.0 g/mol. The fraction of sp³-hybridized carbons (Fsp3) is 0. The van der Waals surface area contributed by atoms with Crippen molar-refractivity contribution in [3.05, 3.63) is 0 Å². The molecule has 0 aliphatic heterocycles. The first-order valence-electron chi connectivity index (χ1n) is 0.606. The van der Waals surface area contributed by atoms with E-state index in [1.54, 1.807) is 0 Å². The molecule has 0 rings (SSSR count). The minimum atomic E-state index is -0.113. The molecule has 0 spiro atoms. The Morgan fingerprint density at radius 1 is 1.80 bits per heavy atom. The zero-order valence-corrected chi connectivity index (χ0v) is 4.59. The summed E-state index contributed by atoms with van der Waals surface area (Å²) < 4.78 is 15.2. The van der Waals surface area contributed by atoms with E-state index in [9.17, 15) is 0 Å². The van der Waals surface area contributed by atoms with Crippen LogP contribution in [-0.4, -0.2) is 18.9 Å². The molecule has 0 saturated carbocycles. The Morgan fingerprint density at radius 3 is 2.00 bits per heavy atom. The van der Waals surface area contributed by atoms with E-state index >= 15 is 0 Å². The Balaban J connectivity index is 0. The van der Waals surface area contributed by atoms with Crippen molar-refractivity contribution in [2.45, 2.75) is 0 Å². The van der Waals surface area contributed by atoms with Gasteiger partial charge in [0, 0.05) is 18.9 Å². The van der Waals surface area contributed by atoms with Crippen LogP contribution in [0.3, 0.4) is 0 Å². The Kier molecular flexibility index (Phi) is 16.4. The molecule has 1 radical (unpaired) electrons. The standard InChI is InChI=1S/Li.H2NOPS/c;1-4-3-2/h;1,4H. The molecule has 0 aromatic heterocycles. The molecule has 0 saturated heterocycles. The molecular formula is H2LiNOPS. The van der Waals surface area contributed by atoms with E-state index in [4.69, 9.17) is 9.34 Å². The normalized spacial score (nSPS) is 4.00. The summed E-state index contributed by atoms with van der Waals surface area (Å²) in [7, 11) is 0.0525. The average Bonchev–Trinajstić information content (AvgIpc) is 1.37. The van der Waals surface area contributed by atoms with Gasteiger partial charge in [-0.05, 0) is 0 Å². The molecule has 0 aliphatic carbocycles. The van der Waals surface area contributed by atoms with Crippen LogP contribution in [-0.2, 0) is 15.1 Å². The predicted octanol–water partition coefficient (Wildman–Crippen LogP) is 0.390. The van der Waals surface area contributed by atoms with Crippen molar-refractivity contribution in [1.29, 1.82) is 4.78 Å². The van der Waals surface area contributed by atoms with E-state index < -0.39 is 0 Å². The molecule has 0 aromatic rings. The number of nitrogens with one attached hydrogen (secondary N) is 1. The molecule has 0 aliphatic rings. The van der Waals surface area contributed by atoms with Crippen LogP contribution in [0, 0.1) is 4.78 Å². The first-order valence-corrected chi connectivity index (χ1v) is 3.02. The monoisotopic (exact) mass is 102 g/mol. The van der Waals surface area contributed by atoms with Gasteiger partial charge in [-0.15, -0.1) is 0 Å². The number of rotatable bonds is 0. The number of hydrogen-bond donors (Lipinski definition) is 2. The van der Waals surface area contributed by atoms with E-state index in [1.807, 2.05) is 0 Å². The first-order chi connectivity index (χ1) is 1.91. The third-order valence-electron chi connectivity index (χ3n) is 0.0408. The van der Waals surface area contributed by atoms with E-state index in [2.05, 4.69) is 0 Å². The van der Waals surface area contributed by atoms with Gasteiger partial charge in [0.2, 0.25) is 0 Å². The molecule has 5 heavy (non-hydrogen) atoms. The van der Waals surface area contributed by atoms with Gasteiger partial charge in [0.25, 0.3) is 0 Å². The summed E-state index contributed by atoms with van der Waals surface area (Å²) in [5, 5.41) is 0. The third-order valence-corrected chi connectivity index (χ3v) is 0.367. The van der Waals surface area contributed by atoms with Crippen LogP contribution in [0.2, 0.25) is 0 Å². The van der Waals surface area contributed by atoms with Crippen molar-refractivity contribution in [3.8, 4) is 0 Å². The van der Waals surface area contributed by atoms with Crippen LogP contribution < -0.4 is 0 Å². The summed E-state index contributed by atoms with van der Waals surface area (Å²) in [5.74, 6) is 0. The van der Waals surface area contributed by atoms with Gasteiger partial charge in [-0.1, -0.05) is 0 Å². The maximum absolute atomic E-state index is 9.07. The minimum Gasteiger partial charge on any atom is 0 e. The minimum absolute atomic E-state index is 0. The third kappa shape index (κ3) is 11.5. The van der Waals surface area contributed by atoms with Gasteiger partial charge in [0.15, 0.2) is 0 Å². The van der Waals surface area contributed by atoms with Gasteiger partial charge >= 0.3 is 26.9 Å². The summed E-state index contributed by atoms with van der Waals surface area (Å²) in [5.41, 5.74) is 0. The maximum atomic E-state index is 9.07. The Morgan fingerprint density at radius 2 is 2.00 bits per heavy atom. The number of thiol groups is 1. The average molecular weight is 102 g/mol. The summed E-state index contributed by atoms with van der Waals surface area (Å²) >= 11 is 0. The zero-order chi connectivity index (χ0) is 3.41. The van der Waals surface area contributed by atoms with Crippen molar-refractivity contribution in [1.82, 2.24) is 0 Å². The fourth-order valence-corrected chi connectivity index (χ4v) is 0. The summed E-state index contributed by atoms with van der Waals surface area (Å²) in [6.07, 6.45) is 0. The smallest absolute Gasteiger partial charge is 0 e. The van der Waals surface area contributed by atoms with Crippen molar-refractivity contribution < 1.29 is 4.57 Å². The van der Waals surface area contributed by atoms with Gasteiger partial charge in [-0.25, -0.2) is 0 Å². The van der Waals surface area contributed by atoms with Gasteiger partial charge in [0.05, 0.1) is 0 Å². The van der Waals surface area contributed by atoms with E-state index in [0.717, 1.165) is 0 Å². The van der Waals surface area contributed by atoms with Gasteiger partial charge in [0.1, 0.15) is 0 Å². The van der Waals surface area contributed by atoms with Crippen molar-refractivity contribution in [3.63, 3.8) is 0 Å². The molecule has 0 aromatic carbocycles. The second-order valence-corrected chi connectivity index (χ2v) is 1.63. The van der Waals surface area contributed by atoms with Crippen molar-refractivity contribution in [2.75, 3.05) is 0 Å². The van der Waals surface area contributed by atoms with E-state index in [-0.39, 0.29) is 36.4 Å². The Labute approximate surface area is 46.1 Å². The zero-order valence-electron chi connectivity index (χ0n) is 2.80. The molecule has 5 heteroatoms. The maximum Gasteiger partial charge on any atom is 0 e. The van der Waals surface area contributed by atoms with Crippen LogP contribution in [0.15, 0.2) is 0 Å². The molecule has 0 bridgehead atoms. The Bertz CT molecular complexity index is 101. The molecule has 2 nitrogen and oxygen atoms in total. The van der Waals surface area contributed by atoms with Crippen molar-refractivity contribution in [2.24, 2.45) is 0 Å². The molecule has 0 unspecified atom stereocenters. The largest absolute Gasteiger partial charge is 0 e. The predicted molar refractivity (Wildman–Crippen MR) is 24.8 cm³/mol. The van der Waals surface area contributed by atoms with Crippen LogP contribution in [0.25, 0.3) is 0 Å². The Hall–Kier alpha value is 0.847. The van der Waals surface area contributed by atoms with Crippen LogP contribution in [0.5, 0.6) is 0 Å². The molecule has 25 valence electrons. The second kappa shape index (κ2) is 8.85. The van der Waals surface area contributed by atoms with Gasteiger partial charge in [-0.3, -0.25) is 0 Å². The summed E-state index contributed by atoms with van der Waals surface area (Å²) in [6.45, 7) is 0. The molecule has 1 N–H and O–H groups in total. The first kappa shape index (κ1) is 9.28. The SMILES string of the molecule is N=[SH]#P=O.[Li]. The molecule has 0 atom stereocenters. The molecule has 0 fully saturated rings. The van der Waals surface area contributed by atoms with Crippen molar-refractivity contribution >= 4 is 36.4 Å². The fourth-order valence-electron chi connectivity index (χ4n) is 0. The van der Waals surface area contributed by atoms with E-state index in [1.165, 1.54) is 0 Å². The topological polar surface area (TPSA) is 40.9 Å². The second-order valence-electron chi connectivity index (χ2n) is 0.182.